The maximum absolute atomic E-state index is 13.3. The van der Waals surface area contributed by atoms with Crippen LogP contribution in [0.25, 0.3) is 5.65 Å². The number of carbonyl (C=O) groups excluding carboxylic acids is 1. The predicted octanol–water partition coefficient (Wildman–Crippen LogP) is 3.90. The molecule has 2 heterocycles. The first-order chi connectivity index (χ1) is 12.1. The lowest BCUT2D eigenvalue weighted by Gasteiger charge is -2.56. The molecule has 0 aliphatic heterocycles. The minimum absolute atomic E-state index is 0.0465. The summed E-state index contributed by atoms with van der Waals surface area (Å²) in [7, 11) is 0. The predicted molar refractivity (Wildman–Crippen MR) is 97.7 cm³/mol. The van der Waals surface area contributed by atoms with Crippen molar-refractivity contribution in [1.29, 1.82) is 0 Å². The van der Waals surface area contributed by atoms with Gasteiger partial charge in [0.1, 0.15) is 11.3 Å². The normalized spacial score (nSPS) is 33.1. The second-order valence-corrected chi connectivity index (χ2v) is 8.80. The van der Waals surface area contributed by atoms with Gasteiger partial charge in [-0.25, -0.2) is 4.98 Å². The van der Waals surface area contributed by atoms with Crippen LogP contribution in [0.2, 0.25) is 0 Å². The standard InChI is InChI=1S/C21H27N3O/c1-3-17-18(24-6-4-5-13(2)19(24)22-17)20(25)23-21-10-14-7-15(11-21)9-16(8-14)12-21/h4-6,14-16H,3,7-12H2,1-2H3,(H,23,25). The van der Waals surface area contributed by atoms with Crippen LogP contribution in [0.1, 0.15) is 67.2 Å². The van der Waals surface area contributed by atoms with Gasteiger partial charge < -0.3 is 5.32 Å². The Labute approximate surface area is 149 Å². The molecule has 4 aliphatic rings. The molecule has 0 spiro atoms. The maximum Gasteiger partial charge on any atom is 0.270 e. The van der Waals surface area contributed by atoms with Crippen molar-refractivity contribution in [2.24, 2.45) is 17.8 Å². The Morgan fingerprint density at radius 1 is 1.24 bits per heavy atom. The van der Waals surface area contributed by atoms with Crippen molar-refractivity contribution in [3.05, 3.63) is 35.3 Å². The number of hydrogen-bond acceptors (Lipinski definition) is 2. The Balaban J connectivity index is 1.51. The summed E-state index contributed by atoms with van der Waals surface area (Å²) in [6.45, 7) is 4.14. The average Bonchev–Trinajstić information content (AvgIpc) is 2.93. The highest BCUT2D eigenvalue weighted by Crippen LogP contribution is 2.55. The molecular formula is C21H27N3O. The summed E-state index contributed by atoms with van der Waals surface area (Å²) in [6.07, 6.45) is 10.5. The molecule has 4 nitrogen and oxygen atoms in total. The van der Waals surface area contributed by atoms with Gasteiger partial charge in [-0.3, -0.25) is 9.20 Å². The molecule has 25 heavy (non-hydrogen) atoms. The van der Waals surface area contributed by atoms with Crippen molar-refractivity contribution in [2.45, 2.75) is 64.3 Å². The Morgan fingerprint density at radius 3 is 2.48 bits per heavy atom. The number of aryl methyl sites for hydroxylation is 2. The van der Waals surface area contributed by atoms with Crippen molar-refractivity contribution in [3.8, 4) is 0 Å². The van der Waals surface area contributed by atoms with Gasteiger partial charge >= 0.3 is 0 Å². The van der Waals surface area contributed by atoms with E-state index in [1.54, 1.807) is 0 Å². The SMILES string of the molecule is CCc1nc2c(C)cccn2c1C(=O)NC12CC3CC(CC(C3)C1)C2. The minimum atomic E-state index is 0.0465. The van der Waals surface area contributed by atoms with Gasteiger partial charge in [0.05, 0.1) is 5.69 Å². The first-order valence-electron chi connectivity index (χ1n) is 9.86. The quantitative estimate of drug-likeness (QED) is 0.923. The molecule has 132 valence electrons. The molecule has 4 bridgehead atoms. The van der Waals surface area contributed by atoms with E-state index in [4.69, 9.17) is 4.98 Å². The molecule has 4 aliphatic carbocycles. The Morgan fingerprint density at radius 2 is 1.88 bits per heavy atom. The van der Waals surface area contributed by atoms with Gasteiger partial charge in [0.15, 0.2) is 0 Å². The van der Waals surface area contributed by atoms with Gasteiger partial charge in [-0.05, 0) is 81.3 Å². The third-order valence-corrected chi connectivity index (χ3v) is 6.88. The van der Waals surface area contributed by atoms with Crippen LogP contribution in [0.15, 0.2) is 18.3 Å². The molecule has 1 amide bonds. The third-order valence-electron chi connectivity index (χ3n) is 6.88. The van der Waals surface area contributed by atoms with Crippen LogP contribution in [-0.4, -0.2) is 20.8 Å². The number of nitrogens with zero attached hydrogens (tertiary/aromatic N) is 2. The van der Waals surface area contributed by atoms with Crippen LogP contribution in [0.4, 0.5) is 0 Å². The molecule has 2 aromatic rings. The van der Waals surface area contributed by atoms with E-state index in [-0.39, 0.29) is 11.4 Å². The summed E-state index contributed by atoms with van der Waals surface area (Å²) in [6, 6.07) is 4.06. The Kier molecular flexibility index (Phi) is 3.28. The molecule has 4 heteroatoms. The van der Waals surface area contributed by atoms with Crippen molar-refractivity contribution in [1.82, 2.24) is 14.7 Å². The first-order valence-corrected chi connectivity index (χ1v) is 9.86. The molecule has 0 radical (unpaired) electrons. The number of pyridine rings is 1. The van der Waals surface area contributed by atoms with E-state index < -0.39 is 0 Å². The van der Waals surface area contributed by atoms with Crippen molar-refractivity contribution in [3.63, 3.8) is 0 Å². The fourth-order valence-electron chi connectivity index (χ4n) is 6.30. The van der Waals surface area contributed by atoms with Crippen LogP contribution < -0.4 is 5.32 Å². The highest BCUT2D eigenvalue weighted by molar-refractivity contribution is 5.95. The zero-order chi connectivity index (χ0) is 17.2. The molecule has 4 fully saturated rings. The molecule has 0 atom stereocenters. The van der Waals surface area contributed by atoms with Crippen LogP contribution in [-0.2, 0) is 6.42 Å². The van der Waals surface area contributed by atoms with Crippen molar-refractivity contribution < 1.29 is 4.79 Å². The number of rotatable bonds is 3. The number of aromatic nitrogens is 2. The second-order valence-electron chi connectivity index (χ2n) is 8.80. The average molecular weight is 337 g/mol. The fourth-order valence-corrected chi connectivity index (χ4v) is 6.30. The fraction of sp³-hybridized carbons (Fsp3) is 0.619. The van der Waals surface area contributed by atoms with Crippen LogP contribution in [0.3, 0.4) is 0 Å². The molecule has 1 N–H and O–H groups in total. The minimum Gasteiger partial charge on any atom is -0.345 e. The summed E-state index contributed by atoms with van der Waals surface area (Å²) in [4.78, 5) is 18.1. The molecule has 6 rings (SSSR count). The van der Waals surface area contributed by atoms with E-state index in [9.17, 15) is 4.79 Å². The van der Waals surface area contributed by atoms with Gasteiger partial charge in [0, 0.05) is 11.7 Å². The lowest BCUT2D eigenvalue weighted by atomic mass is 9.53. The van der Waals surface area contributed by atoms with Gasteiger partial charge in [0.2, 0.25) is 0 Å². The number of imidazole rings is 1. The van der Waals surface area contributed by atoms with E-state index >= 15 is 0 Å². The van der Waals surface area contributed by atoms with Crippen LogP contribution >= 0.6 is 0 Å². The lowest BCUT2D eigenvalue weighted by Crippen LogP contribution is -2.60. The molecule has 0 aromatic carbocycles. The second kappa shape index (κ2) is 5.33. The highest BCUT2D eigenvalue weighted by atomic mass is 16.2. The number of fused-ring (bicyclic) bond motifs is 1. The van der Waals surface area contributed by atoms with E-state index in [2.05, 4.69) is 25.2 Å². The topological polar surface area (TPSA) is 46.4 Å². The third kappa shape index (κ3) is 2.33. The van der Waals surface area contributed by atoms with Crippen LogP contribution in [0, 0.1) is 24.7 Å². The van der Waals surface area contributed by atoms with Gasteiger partial charge in [-0.2, -0.15) is 0 Å². The number of amides is 1. The summed E-state index contributed by atoms with van der Waals surface area (Å²) >= 11 is 0. The van der Waals surface area contributed by atoms with E-state index in [1.165, 1.54) is 38.5 Å². The van der Waals surface area contributed by atoms with E-state index in [0.717, 1.165) is 46.8 Å². The Hall–Kier alpha value is -1.84. The summed E-state index contributed by atoms with van der Waals surface area (Å²) in [5.41, 5.74) is 3.74. The number of carbonyl (C=O) groups is 1. The monoisotopic (exact) mass is 337 g/mol. The Bertz CT molecular complexity index is 815. The van der Waals surface area contributed by atoms with Gasteiger partial charge in [-0.15, -0.1) is 0 Å². The van der Waals surface area contributed by atoms with Gasteiger partial charge in [-0.1, -0.05) is 13.0 Å². The summed E-state index contributed by atoms with van der Waals surface area (Å²) in [5, 5.41) is 3.51. The van der Waals surface area contributed by atoms with E-state index in [1.807, 2.05) is 16.7 Å². The van der Waals surface area contributed by atoms with E-state index in [0.29, 0.717) is 0 Å². The van der Waals surface area contributed by atoms with Gasteiger partial charge in [0.25, 0.3) is 5.91 Å². The molecular weight excluding hydrogens is 310 g/mol. The summed E-state index contributed by atoms with van der Waals surface area (Å²) in [5.74, 6) is 2.58. The maximum atomic E-state index is 13.3. The highest BCUT2D eigenvalue weighted by Gasteiger charge is 2.51. The van der Waals surface area contributed by atoms with Crippen molar-refractivity contribution >= 4 is 11.6 Å². The van der Waals surface area contributed by atoms with Crippen LogP contribution in [0.5, 0.6) is 0 Å². The smallest absolute Gasteiger partial charge is 0.270 e. The molecule has 0 unspecified atom stereocenters. The summed E-state index contributed by atoms with van der Waals surface area (Å²) < 4.78 is 1.99. The molecule has 4 saturated carbocycles. The molecule has 0 saturated heterocycles. The van der Waals surface area contributed by atoms with Crippen molar-refractivity contribution in [2.75, 3.05) is 0 Å². The lowest BCUT2D eigenvalue weighted by molar-refractivity contribution is -0.0168. The molecule has 2 aromatic heterocycles. The zero-order valence-electron chi connectivity index (χ0n) is 15.2. The number of nitrogens with one attached hydrogen (secondary N) is 1. The zero-order valence-corrected chi connectivity index (χ0v) is 15.2. The number of hydrogen-bond donors (Lipinski definition) is 1. The first kappa shape index (κ1) is 15.4. The largest absolute Gasteiger partial charge is 0.345 e.